The standard InChI is InChI=1S/C20H22NO2.ClHO4/c1-3-4-13-21-17-14-20(16-10-6-7-11-18(16)22-2)23-19-12-8-5-9-15(17)19;2-1(3,4)5/h5-12,14,21H,3-4,13H2,1-2H3;(H,2,3,4,5)/q+1;/p-1. The van der Waals surface area contributed by atoms with E-state index in [-0.39, 0.29) is 0 Å². The predicted octanol–water partition coefficient (Wildman–Crippen LogP) is 0.846. The van der Waals surface area contributed by atoms with E-state index in [1.54, 1.807) is 7.11 Å². The molecule has 1 aromatic heterocycles. The first kappa shape index (κ1) is 21.9. The summed E-state index contributed by atoms with van der Waals surface area (Å²) in [6.45, 7) is 3.15. The summed E-state index contributed by atoms with van der Waals surface area (Å²) in [6, 6.07) is 18.1. The fourth-order valence-corrected chi connectivity index (χ4v) is 2.66. The lowest BCUT2D eigenvalue weighted by Gasteiger charge is -2.17. The Morgan fingerprint density at radius 1 is 1.00 bits per heavy atom. The SMILES string of the molecule is CCCCNc1cc(-c2ccccc2OC)[o+]c2ccccc12.[O-][Cl+3]([O-])([O-])[O-]. The van der Waals surface area contributed by atoms with Gasteiger partial charge in [-0.3, -0.25) is 0 Å². The molecule has 0 spiro atoms. The van der Waals surface area contributed by atoms with Crippen LogP contribution < -0.4 is 28.7 Å². The number of rotatable bonds is 6. The molecule has 1 heterocycles. The predicted molar refractivity (Wildman–Crippen MR) is 96.0 cm³/mol. The summed E-state index contributed by atoms with van der Waals surface area (Å²) in [5, 5.41) is 4.63. The van der Waals surface area contributed by atoms with Crippen molar-refractivity contribution in [1.29, 1.82) is 0 Å². The molecule has 3 aromatic rings. The van der Waals surface area contributed by atoms with Crippen molar-refractivity contribution in [2.24, 2.45) is 0 Å². The number of fused-ring (bicyclic) bond motifs is 1. The van der Waals surface area contributed by atoms with Crippen LogP contribution in [0, 0.1) is 10.2 Å². The highest BCUT2D eigenvalue weighted by Gasteiger charge is 2.21. The maximum Gasteiger partial charge on any atom is 0.366 e. The molecule has 2 aromatic carbocycles. The van der Waals surface area contributed by atoms with Crippen LogP contribution in [0.15, 0.2) is 59.0 Å². The number of benzene rings is 2. The van der Waals surface area contributed by atoms with E-state index in [9.17, 15) is 0 Å². The molecule has 0 aliphatic heterocycles. The van der Waals surface area contributed by atoms with Gasteiger partial charge in [0.15, 0.2) is 0 Å². The molecule has 3 rings (SSSR count). The van der Waals surface area contributed by atoms with Crippen LogP contribution >= 0.6 is 0 Å². The number of halogens is 1. The second-order valence-corrected chi connectivity index (χ2v) is 6.63. The van der Waals surface area contributed by atoms with Crippen molar-refractivity contribution in [3.63, 3.8) is 0 Å². The monoisotopic (exact) mass is 407 g/mol. The highest BCUT2D eigenvalue weighted by Crippen LogP contribution is 2.35. The minimum Gasteiger partial charge on any atom is -0.496 e. The second-order valence-electron chi connectivity index (χ2n) is 5.88. The van der Waals surface area contributed by atoms with E-state index in [1.807, 2.05) is 42.5 Å². The van der Waals surface area contributed by atoms with Crippen LogP contribution in [0.3, 0.4) is 0 Å². The summed E-state index contributed by atoms with van der Waals surface area (Å²) >= 11 is 0. The third kappa shape index (κ3) is 6.63. The molecule has 0 unspecified atom stereocenters. The van der Waals surface area contributed by atoms with Gasteiger partial charge in [0.05, 0.1) is 18.9 Å². The van der Waals surface area contributed by atoms with E-state index in [0.29, 0.717) is 0 Å². The molecule has 0 atom stereocenters. The van der Waals surface area contributed by atoms with E-state index in [0.717, 1.165) is 46.7 Å². The first-order chi connectivity index (χ1) is 13.3. The number of methoxy groups -OCH3 is 1. The topological polar surface area (TPSA) is 125 Å². The van der Waals surface area contributed by atoms with Crippen LogP contribution in [0.5, 0.6) is 5.75 Å². The zero-order valence-electron chi connectivity index (χ0n) is 15.6. The van der Waals surface area contributed by atoms with Crippen molar-refractivity contribution in [3.8, 4) is 17.1 Å². The Hall–Kier alpha value is -2.42. The van der Waals surface area contributed by atoms with Crippen LogP contribution in [-0.4, -0.2) is 13.7 Å². The Kier molecular flexibility index (Phi) is 7.98. The van der Waals surface area contributed by atoms with Gasteiger partial charge in [0, 0.05) is 12.6 Å². The van der Waals surface area contributed by atoms with Gasteiger partial charge in [-0.2, -0.15) is 0 Å². The number of anilines is 1. The van der Waals surface area contributed by atoms with Gasteiger partial charge in [0.2, 0.25) is 0 Å². The Labute approximate surface area is 165 Å². The van der Waals surface area contributed by atoms with Gasteiger partial charge < -0.3 is 10.1 Å². The first-order valence-corrected chi connectivity index (χ1v) is 9.91. The molecule has 1 N–H and O–H groups in total. The Bertz CT molecular complexity index is 891. The Balaban J connectivity index is 0.000000500. The minimum atomic E-state index is -4.94. The molecule has 28 heavy (non-hydrogen) atoms. The molecule has 150 valence electrons. The molecule has 0 radical (unpaired) electrons. The summed E-state index contributed by atoms with van der Waals surface area (Å²) < 4.78 is 45.6. The van der Waals surface area contributed by atoms with Crippen molar-refractivity contribution >= 4 is 16.7 Å². The Morgan fingerprint density at radius 3 is 2.32 bits per heavy atom. The first-order valence-electron chi connectivity index (χ1n) is 8.68. The lowest BCUT2D eigenvalue weighted by molar-refractivity contribution is -2.00. The summed E-state index contributed by atoms with van der Waals surface area (Å²) in [7, 11) is -3.26. The molecule has 8 heteroatoms. The third-order valence-electron chi connectivity index (χ3n) is 3.89. The van der Waals surface area contributed by atoms with Crippen molar-refractivity contribution in [2.45, 2.75) is 19.8 Å². The van der Waals surface area contributed by atoms with E-state index in [2.05, 4.69) is 24.4 Å². The Morgan fingerprint density at radius 2 is 1.64 bits per heavy atom. The van der Waals surface area contributed by atoms with Gasteiger partial charge in [0.1, 0.15) is 16.7 Å². The molecule has 0 fully saturated rings. The van der Waals surface area contributed by atoms with Gasteiger partial charge in [-0.1, -0.05) is 37.6 Å². The third-order valence-corrected chi connectivity index (χ3v) is 3.89. The normalized spacial score (nSPS) is 10.9. The second kappa shape index (κ2) is 10.2. The van der Waals surface area contributed by atoms with Crippen molar-refractivity contribution in [3.05, 3.63) is 54.6 Å². The molecule has 0 aliphatic rings. The number of hydrogen-bond acceptors (Lipinski definition) is 6. The summed E-state index contributed by atoms with van der Waals surface area (Å²) in [6.07, 6.45) is 2.31. The zero-order chi connectivity index (χ0) is 20.6. The smallest absolute Gasteiger partial charge is 0.366 e. The van der Waals surface area contributed by atoms with Crippen LogP contribution in [-0.2, 0) is 0 Å². The lowest BCUT2D eigenvalue weighted by Crippen LogP contribution is -2.68. The summed E-state index contributed by atoms with van der Waals surface area (Å²) in [5.41, 5.74) is 2.93. The van der Waals surface area contributed by atoms with E-state index < -0.39 is 10.2 Å². The van der Waals surface area contributed by atoms with Gasteiger partial charge in [-0.05, 0) is 24.6 Å². The molecule has 7 nitrogen and oxygen atoms in total. The highest BCUT2D eigenvalue weighted by molar-refractivity contribution is 5.92. The van der Waals surface area contributed by atoms with Crippen LogP contribution in [0.25, 0.3) is 22.3 Å². The van der Waals surface area contributed by atoms with Gasteiger partial charge in [0.25, 0.3) is 0 Å². The average Bonchev–Trinajstić information content (AvgIpc) is 2.66. The quantitative estimate of drug-likeness (QED) is 0.474. The number of unbranched alkanes of at least 4 members (excludes halogenated alkanes) is 1. The molecule has 0 bridgehead atoms. The van der Waals surface area contributed by atoms with Crippen molar-refractivity contribution in [2.75, 3.05) is 19.0 Å². The largest absolute Gasteiger partial charge is 0.496 e. The zero-order valence-corrected chi connectivity index (χ0v) is 16.4. The maximum absolute atomic E-state index is 8.49. The number of nitrogens with one attached hydrogen (secondary N) is 1. The maximum atomic E-state index is 8.49. The summed E-state index contributed by atoms with van der Waals surface area (Å²) in [4.78, 5) is 0. The van der Waals surface area contributed by atoms with Crippen LogP contribution in [0.2, 0.25) is 0 Å². The molecular formula is C20H22ClNO6. The fraction of sp³-hybridized carbons (Fsp3) is 0.250. The summed E-state index contributed by atoms with van der Waals surface area (Å²) in [5.74, 6) is 1.62. The van der Waals surface area contributed by atoms with Gasteiger partial charge >= 0.3 is 11.3 Å². The average molecular weight is 408 g/mol. The van der Waals surface area contributed by atoms with E-state index >= 15 is 0 Å². The number of hydrogen-bond donors (Lipinski definition) is 1. The van der Waals surface area contributed by atoms with Crippen LogP contribution in [0.1, 0.15) is 19.8 Å². The number of ether oxygens (including phenoxy) is 1. The number of para-hydroxylation sites is 2. The van der Waals surface area contributed by atoms with Crippen molar-refractivity contribution in [1.82, 2.24) is 0 Å². The molecule has 0 saturated heterocycles. The molecule has 0 aliphatic carbocycles. The molecular weight excluding hydrogens is 386 g/mol. The lowest BCUT2D eigenvalue weighted by atomic mass is 10.1. The van der Waals surface area contributed by atoms with E-state index in [4.69, 9.17) is 27.8 Å². The van der Waals surface area contributed by atoms with Crippen molar-refractivity contribution < 1.29 is 38.0 Å². The minimum absolute atomic E-state index is 0.806. The molecule has 0 amide bonds. The van der Waals surface area contributed by atoms with Gasteiger partial charge in [-0.25, -0.2) is 23.1 Å². The fourth-order valence-electron chi connectivity index (χ4n) is 2.66. The molecule has 0 saturated carbocycles. The van der Waals surface area contributed by atoms with Crippen LogP contribution in [0.4, 0.5) is 5.69 Å². The highest BCUT2D eigenvalue weighted by atomic mass is 35.7. The van der Waals surface area contributed by atoms with E-state index in [1.165, 1.54) is 6.42 Å². The van der Waals surface area contributed by atoms with Gasteiger partial charge in [-0.15, -0.1) is 10.2 Å².